The van der Waals surface area contributed by atoms with E-state index in [2.05, 4.69) is 52.3 Å². The zero-order valence-electron chi connectivity index (χ0n) is 17.1. The first kappa shape index (κ1) is 18.6. The number of rotatable bonds is 8. The van der Waals surface area contributed by atoms with Crippen LogP contribution < -0.4 is 0 Å². The van der Waals surface area contributed by atoms with Crippen molar-refractivity contribution in [1.29, 1.82) is 0 Å². The van der Waals surface area contributed by atoms with Crippen molar-refractivity contribution in [2.75, 3.05) is 45.9 Å². The molecule has 0 N–H and O–H groups in total. The second-order valence-corrected chi connectivity index (χ2v) is 9.20. The quantitative estimate of drug-likeness (QED) is 0.633. The molecule has 0 spiro atoms. The summed E-state index contributed by atoms with van der Waals surface area (Å²) in [5.74, 6) is 2.62. The van der Waals surface area contributed by atoms with Crippen molar-refractivity contribution in [3.05, 3.63) is 48.0 Å². The third-order valence-electron chi connectivity index (χ3n) is 7.19. The van der Waals surface area contributed by atoms with E-state index in [-0.39, 0.29) is 0 Å². The Morgan fingerprint density at radius 2 is 1.64 bits per heavy atom. The molecule has 2 aromatic rings. The molecule has 1 saturated carbocycles. The lowest BCUT2D eigenvalue weighted by Crippen LogP contribution is -2.31. The van der Waals surface area contributed by atoms with E-state index in [0.717, 1.165) is 37.5 Å². The zero-order chi connectivity index (χ0) is 18.8. The lowest BCUT2D eigenvalue weighted by molar-refractivity contribution is 0.0967. The molecular formula is C25H34N2O. The fourth-order valence-electron chi connectivity index (χ4n) is 5.50. The van der Waals surface area contributed by atoms with Crippen LogP contribution >= 0.6 is 0 Å². The Kier molecular flexibility index (Phi) is 5.66. The molecule has 3 heteroatoms. The zero-order valence-corrected chi connectivity index (χ0v) is 17.1. The second kappa shape index (κ2) is 8.52. The maximum Gasteiger partial charge on any atom is 0.0500 e. The molecule has 0 bridgehead atoms. The molecule has 2 aromatic carbocycles. The normalized spacial score (nSPS) is 27.9. The van der Waals surface area contributed by atoms with Crippen LogP contribution in [-0.4, -0.2) is 55.7 Å². The maximum absolute atomic E-state index is 6.04. The average molecular weight is 379 g/mol. The number of fused-ring (bicyclic) bond motifs is 2. The van der Waals surface area contributed by atoms with Crippen LogP contribution in [0.4, 0.5) is 0 Å². The molecule has 2 heterocycles. The molecular weight excluding hydrogens is 344 g/mol. The largest absolute Gasteiger partial charge is 0.381 e. The maximum atomic E-state index is 6.04. The Labute approximate surface area is 169 Å². The van der Waals surface area contributed by atoms with Gasteiger partial charge in [0.1, 0.15) is 0 Å². The van der Waals surface area contributed by atoms with Gasteiger partial charge in [-0.25, -0.2) is 0 Å². The van der Waals surface area contributed by atoms with Crippen LogP contribution in [0.15, 0.2) is 42.5 Å². The van der Waals surface area contributed by atoms with E-state index in [1.165, 1.54) is 74.7 Å². The minimum atomic E-state index is 0.836. The SMILES string of the molecule is c1ccc2cc(CN3CC4C(COCCCN5CCCCC5)C4C3)ccc2c1. The number of hydrogen-bond acceptors (Lipinski definition) is 3. The summed E-state index contributed by atoms with van der Waals surface area (Å²) in [5.41, 5.74) is 1.45. The minimum absolute atomic E-state index is 0.836. The van der Waals surface area contributed by atoms with Gasteiger partial charge in [-0.05, 0) is 72.5 Å². The average Bonchev–Trinajstić information content (AvgIpc) is 3.19. The summed E-state index contributed by atoms with van der Waals surface area (Å²) < 4.78 is 6.04. The number of likely N-dealkylation sites (tertiary alicyclic amines) is 2. The monoisotopic (exact) mass is 378 g/mol. The van der Waals surface area contributed by atoms with Gasteiger partial charge in [0.25, 0.3) is 0 Å². The molecule has 2 atom stereocenters. The topological polar surface area (TPSA) is 15.7 Å². The first-order chi connectivity index (χ1) is 13.9. The Hall–Kier alpha value is -1.42. The molecule has 0 amide bonds. The van der Waals surface area contributed by atoms with Gasteiger partial charge in [0.15, 0.2) is 0 Å². The highest BCUT2D eigenvalue weighted by atomic mass is 16.5. The van der Waals surface area contributed by atoms with Crippen LogP contribution in [0.2, 0.25) is 0 Å². The van der Waals surface area contributed by atoms with Gasteiger partial charge < -0.3 is 9.64 Å². The Morgan fingerprint density at radius 3 is 2.46 bits per heavy atom. The van der Waals surface area contributed by atoms with Crippen LogP contribution in [0.1, 0.15) is 31.2 Å². The third kappa shape index (κ3) is 4.27. The predicted octanol–water partition coefficient (Wildman–Crippen LogP) is 4.41. The van der Waals surface area contributed by atoms with Gasteiger partial charge in [0, 0.05) is 32.8 Å². The van der Waals surface area contributed by atoms with E-state index >= 15 is 0 Å². The highest BCUT2D eigenvalue weighted by Gasteiger charge is 2.55. The van der Waals surface area contributed by atoms with E-state index in [4.69, 9.17) is 4.74 Å². The van der Waals surface area contributed by atoms with Crippen molar-refractivity contribution in [2.24, 2.45) is 17.8 Å². The smallest absolute Gasteiger partial charge is 0.0500 e. The Morgan fingerprint density at radius 1 is 0.857 bits per heavy atom. The lowest BCUT2D eigenvalue weighted by atomic mass is 10.1. The van der Waals surface area contributed by atoms with Gasteiger partial charge in [0.2, 0.25) is 0 Å². The molecule has 150 valence electrons. The Bertz CT molecular complexity index is 773. The fourth-order valence-corrected chi connectivity index (χ4v) is 5.50. The van der Waals surface area contributed by atoms with E-state index in [9.17, 15) is 0 Å². The second-order valence-electron chi connectivity index (χ2n) is 9.20. The molecule has 3 nitrogen and oxygen atoms in total. The predicted molar refractivity (Wildman–Crippen MR) is 115 cm³/mol. The summed E-state index contributed by atoms with van der Waals surface area (Å²) in [4.78, 5) is 5.26. The summed E-state index contributed by atoms with van der Waals surface area (Å²) >= 11 is 0. The molecule has 2 saturated heterocycles. The fraction of sp³-hybridized carbons (Fsp3) is 0.600. The van der Waals surface area contributed by atoms with Crippen molar-refractivity contribution < 1.29 is 4.74 Å². The standard InChI is InChI=1S/C25H34N2O/c1-4-11-26(12-5-1)13-6-14-28-19-25-23-17-27(18-24(23)25)16-20-9-10-21-7-2-3-8-22(21)15-20/h2-3,7-10,15,23-25H,1,4-6,11-14,16-19H2. The van der Waals surface area contributed by atoms with Crippen molar-refractivity contribution in [3.8, 4) is 0 Å². The lowest BCUT2D eigenvalue weighted by Gasteiger charge is -2.26. The van der Waals surface area contributed by atoms with Crippen molar-refractivity contribution in [2.45, 2.75) is 32.2 Å². The molecule has 2 aliphatic heterocycles. The van der Waals surface area contributed by atoms with Crippen LogP contribution in [-0.2, 0) is 11.3 Å². The van der Waals surface area contributed by atoms with Crippen molar-refractivity contribution in [3.63, 3.8) is 0 Å². The molecule has 3 fully saturated rings. The summed E-state index contributed by atoms with van der Waals surface area (Å²) in [6.45, 7) is 9.42. The summed E-state index contributed by atoms with van der Waals surface area (Å²) in [5, 5.41) is 2.70. The van der Waals surface area contributed by atoms with Crippen molar-refractivity contribution >= 4 is 10.8 Å². The van der Waals surface area contributed by atoms with Gasteiger partial charge in [-0.2, -0.15) is 0 Å². The van der Waals surface area contributed by atoms with Gasteiger partial charge in [0.05, 0.1) is 6.61 Å². The minimum Gasteiger partial charge on any atom is -0.381 e. The summed E-state index contributed by atoms with van der Waals surface area (Å²) in [7, 11) is 0. The molecule has 28 heavy (non-hydrogen) atoms. The van der Waals surface area contributed by atoms with Gasteiger partial charge in [-0.1, -0.05) is 42.8 Å². The van der Waals surface area contributed by atoms with E-state index in [0.29, 0.717) is 0 Å². The van der Waals surface area contributed by atoms with Crippen LogP contribution in [0, 0.1) is 17.8 Å². The van der Waals surface area contributed by atoms with Gasteiger partial charge >= 0.3 is 0 Å². The van der Waals surface area contributed by atoms with E-state index in [1.807, 2.05) is 0 Å². The first-order valence-electron chi connectivity index (χ1n) is 11.4. The molecule has 3 aliphatic rings. The van der Waals surface area contributed by atoms with Gasteiger partial charge in [-0.3, -0.25) is 4.90 Å². The summed E-state index contributed by atoms with van der Waals surface area (Å²) in [6.07, 6.45) is 5.41. The highest BCUT2D eigenvalue weighted by Crippen LogP contribution is 2.52. The third-order valence-corrected chi connectivity index (χ3v) is 7.19. The number of benzene rings is 2. The number of ether oxygens (including phenoxy) is 1. The Balaban J connectivity index is 0.998. The molecule has 0 aromatic heterocycles. The number of piperidine rings is 2. The molecule has 2 unspecified atom stereocenters. The van der Waals surface area contributed by atoms with Crippen LogP contribution in [0.25, 0.3) is 10.8 Å². The first-order valence-corrected chi connectivity index (χ1v) is 11.4. The molecule has 5 rings (SSSR count). The van der Waals surface area contributed by atoms with Crippen LogP contribution in [0.5, 0.6) is 0 Å². The number of nitrogens with zero attached hydrogens (tertiary/aromatic N) is 2. The van der Waals surface area contributed by atoms with E-state index < -0.39 is 0 Å². The van der Waals surface area contributed by atoms with Crippen molar-refractivity contribution in [1.82, 2.24) is 9.80 Å². The van der Waals surface area contributed by atoms with Crippen LogP contribution in [0.3, 0.4) is 0 Å². The molecule has 1 aliphatic carbocycles. The highest BCUT2D eigenvalue weighted by molar-refractivity contribution is 5.82. The van der Waals surface area contributed by atoms with Gasteiger partial charge in [-0.15, -0.1) is 0 Å². The summed E-state index contributed by atoms with van der Waals surface area (Å²) in [6, 6.07) is 15.6. The number of hydrogen-bond donors (Lipinski definition) is 0. The molecule has 0 radical (unpaired) electrons. The van der Waals surface area contributed by atoms with E-state index in [1.54, 1.807) is 0 Å².